The molecule has 0 atom stereocenters. The molecule has 0 amide bonds. The molecule has 28 heavy (non-hydrogen) atoms. The van der Waals surface area contributed by atoms with E-state index in [1.807, 2.05) is 24.3 Å². The van der Waals surface area contributed by atoms with Crippen molar-refractivity contribution in [2.75, 3.05) is 30.3 Å². The number of nitrogens with zero attached hydrogens (tertiary/aromatic N) is 2. The molecule has 1 aromatic heterocycles. The summed E-state index contributed by atoms with van der Waals surface area (Å²) in [4.78, 5) is 4.49. The molecule has 5 heteroatoms. The summed E-state index contributed by atoms with van der Waals surface area (Å²) in [5, 5.41) is 19.8. The van der Waals surface area contributed by atoms with Gasteiger partial charge in [-0.25, -0.2) is 4.98 Å². The molecule has 1 aliphatic heterocycles. The third-order valence-electron chi connectivity index (χ3n) is 5.96. The van der Waals surface area contributed by atoms with E-state index in [1.165, 1.54) is 0 Å². The summed E-state index contributed by atoms with van der Waals surface area (Å²) in [6.07, 6.45) is 6.00. The smallest absolute Gasteiger partial charge is 0.135 e. The van der Waals surface area contributed by atoms with Crippen LogP contribution in [0.4, 0.5) is 11.5 Å². The van der Waals surface area contributed by atoms with Crippen LogP contribution in [-0.2, 0) is 5.41 Å². The maximum Gasteiger partial charge on any atom is 0.135 e. The monoisotopic (exact) mass is 373 g/mol. The predicted octanol–water partition coefficient (Wildman–Crippen LogP) is 4.13. The van der Waals surface area contributed by atoms with Gasteiger partial charge in [0.1, 0.15) is 5.82 Å². The third kappa shape index (κ3) is 3.74. The predicted molar refractivity (Wildman–Crippen MR) is 114 cm³/mol. The Hall–Kier alpha value is -2.84. The Morgan fingerprint density at radius 3 is 2.61 bits per heavy atom. The van der Waals surface area contributed by atoms with Gasteiger partial charge in [-0.3, -0.25) is 0 Å². The number of hydrogen-bond donors (Lipinski definition) is 3. The highest BCUT2D eigenvalue weighted by Crippen LogP contribution is 2.40. The maximum atomic E-state index is 9.68. The molecule has 2 fully saturated rings. The van der Waals surface area contributed by atoms with E-state index in [4.69, 9.17) is 0 Å². The minimum Gasteiger partial charge on any atom is -0.369 e. The van der Waals surface area contributed by atoms with E-state index in [9.17, 15) is 5.26 Å². The second-order valence-electron chi connectivity index (χ2n) is 7.89. The molecule has 0 unspecified atom stereocenters. The summed E-state index contributed by atoms with van der Waals surface area (Å²) in [7, 11) is 0. The highest BCUT2D eigenvalue weighted by Gasteiger charge is 2.35. The summed E-state index contributed by atoms with van der Waals surface area (Å²) >= 11 is 0. The molecule has 1 aromatic carbocycles. The van der Waals surface area contributed by atoms with Crippen molar-refractivity contribution in [3.63, 3.8) is 0 Å². The van der Waals surface area contributed by atoms with E-state index in [0.717, 1.165) is 73.6 Å². The van der Waals surface area contributed by atoms with E-state index in [1.54, 1.807) is 6.20 Å². The Morgan fingerprint density at radius 2 is 1.96 bits per heavy atom. The van der Waals surface area contributed by atoms with Gasteiger partial charge < -0.3 is 16.0 Å². The lowest BCUT2D eigenvalue weighted by Gasteiger charge is -2.27. The van der Waals surface area contributed by atoms with Crippen LogP contribution in [0.5, 0.6) is 0 Å². The van der Waals surface area contributed by atoms with Crippen molar-refractivity contribution in [3.05, 3.63) is 60.3 Å². The number of aromatic nitrogens is 1. The van der Waals surface area contributed by atoms with Gasteiger partial charge in [-0.1, -0.05) is 31.6 Å². The molecule has 144 valence electrons. The van der Waals surface area contributed by atoms with E-state index in [2.05, 4.69) is 45.7 Å². The van der Waals surface area contributed by atoms with Gasteiger partial charge in [-0.05, 0) is 42.7 Å². The summed E-state index contributed by atoms with van der Waals surface area (Å²) in [6, 6.07) is 14.8. The average molecular weight is 374 g/mol. The normalized spacial score (nSPS) is 18.1. The summed E-state index contributed by atoms with van der Waals surface area (Å²) in [5.74, 6) is 1.52. The first kappa shape index (κ1) is 18.5. The van der Waals surface area contributed by atoms with E-state index in [0.29, 0.717) is 5.92 Å². The SMILES string of the molecule is C=C(Nc1ccc(C2(C#N)CCCC2)cc1)c1cccnc1NCC1CNC1. The zero-order valence-electron chi connectivity index (χ0n) is 16.2. The molecule has 0 bridgehead atoms. The second kappa shape index (κ2) is 8.04. The molecule has 2 heterocycles. The van der Waals surface area contributed by atoms with Crippen molar-refractivity contribution in [3.8, 4) is 6.07 Å². The zero-order chi connectivity index (χ0) is 19.4. The molecule has 2 aliphatic rings. The van der Waals surface area contributed by atoms with Crippen molar-refractivity contribution in [2.45, 2.75) is 31.1 Å². The Labute approximate surface area is 166 Å². The number of pyridine rings is 1. The molecule has 1 saturated carbocycles. The molecular formula is C23H27N5. The van der Waals surface area contributed by atoms with Crippen LogP contribution in [0, 0.1) is 17.2 Å². The quantitative estimate of drug-likeness (QED) is 0.680. The number of rotatable bonds is 7. The molecule has 1 aliphatic carbocycles. The van der Waals surface area contributed by atoms with Crippen molar-refractivity contribution < 1.29 is 0 Å². The van der Waals surface area contributed by atoms with E-state index < -0.39 is 0 Å². The van der Waals surface area contributed by atoms with Gasteiger partial charge in [-0.2, -0.15) is 5.26 Å². The number of nitrogens with one attached hydrogen (secondary N) is 3. The van der Waals surface area contributed by atoms with Crippen LogP contribution >= 0.6 is 0 Å². The lowest BCUT2D eigenvalue weighted by Crippen LogP contribution is -2.45. The summed E-state index contributed by atoms with van der Waals surface area (Å²) < 4.78 is 0. The maximum absolute atomic E-state index is 9.68. The fourth-order valence-electron chi connectivity index (χ4n) is 4.08. The minimum atomic E-state index is -0.299. The van der Waals surface area contributed by atoms with Crippen LogP contribution < -0.4 is 16.0 Å². The Morgan fingerprint density at radius 1 is 1.21 bits per heavy atom. The van der Waals surface area contributed by atoms with Crippen LogP contribution in [0.1, 0.15) is 36.8 Å². The van der Waals surface area contributed by atoms with Gasteiger partial charge in [0.25, 0.3) is 0 Å². The molecule has 1 saturated heterocycles. The fourth-order valence-corrected chi connectivity index (χ4v) is 4.08. The highest BCUT2D eigenvalue weighted by molar-refractivity contribution is 5.80. The van der Waals surface area contributed by atoms with Crippen LogP contribution in [0.2, 0.25) is 0 Å². The minimum absolute atomic E-state index is 0.299. The second-order valence-corrected chi connectivity index (χ2v) is 7.89. The Kier molecular flexibility index (Phi) is 5.31. The topological polar surface area (TPSA) is 72.8 Å². The highest BCUT2D eigenvalue weighted by atomic mass is 15.0. The molecule has 4 rings (SSSR count). The van der Waals surface area contributed by atoms with Gasteiger partial charge >= 0.3 is 0 Å². The molecule has 2 aromatic rings. The van der Waals surface area contributed by atoms with Crippen molar-refractivity contribution in [2.24, 2.45) is 5.92 Å². The van der Waals surface area contributed by atoms with E-state index in [-0.39, 0.29) is 5.41 Å². The van der Waals surface area contributed by atoms with Gasteiger partial charge in [0.2, 0.25) is 0 Å². The molecule has 5 nitrogen and oxygen atoms in total. The van der Waals surface area contributed by atoms with Gasteiger partial charge in [0.05, 0.1) is 11.5 Å². The van der Waals surface area contributed by atoms with Crippen molar-refractivity contribution in [1.82, 2.24) is 10.3 Å². The first-order chi connectivity index (χ1) is 13.7. The molecular weight excluding hydrogens is 346 g/mol. The first-order valence-electron chi connectivity index (χ1n) is 10.1. The van der Waals surface area contributed by atoms with Crippen LogP contribution in [0.15, 0.2) is 49.2 Å². The van der Waals surface area contributed by atoms with Crippen LogP contribution in [0.25, 0.3) is 5.70 Å². The summed E-state index contributed by atoms with van der Waals surface area (Å²) in [5.41, 5.74) is 3.58. The fraction of sp³-hybridized carbons (Fsp3) is 0.391. The molecule has 3 N–H and O–H groups in total. The third-order valence-corrected chi connectivity index (χ3v) is 5.96. The first-order valence-corrected chi connectivity index (χ1v) is 10.1. The number of hydrogen-bond acceptors (Lipinski definition) is 5. The number of nitriles is 1. The van der Waals surface area contributed by atoms with Crippen molar-refractivity contribution in [1.29, 1.82) is 5.26 Å². The van der Waals surface area contributed by atoms with Crippen LogP contribution in [-0.4, -0.2) is 24.6 Å². The number of benzene rings is 1. The van der Waals surface area contributed by atoms with Gasteiger partial charge in [0.15, 0.2) is 0 Å². The van der Waals surface area contributed by atoms with Crippen LogP contribution in [0.3, 0.4) is 0 Å². The average Bonchev–Trinajstić information content (AvgIpc) is 3.18. The van der Waals surface area contributed by atoms with Gasteiger partial charge in [-0.15, -0.1) is 0 Å². The lowest BCUT2D eigenvalue weighted by atomic mass is 9.80. The largest absolute Gasteiger partial charge is 0.369 e. The summed E-state index contributed by atoms with van der Waals surface area (Å²) in [6.45, 7) is 7.25. The number of anilines is 2. The Bertz CT molecular complexity index is 871. The van der Waals surface area contributed by atoms with Crippen molar-refractivity contribution >= 4 is 17.2 Å². The Balaban J connectivity index is 1.44. The van der Waals surface area contributed by atoms with Gasteiger partial charge in [0, 0.05) is 48.7 Å². The standard InChI is InChI=1S/C23H27N5/c1-17(21-5-4-12-26-22(21)27-15-18-13-25-14-18)28-20-8-6-19(7-9-20)23(16-24)10-2-3-11-23/h4-9,12,18,25,28H,1-3,10-11,13-15H2,(H,26,27). The lowest BCUT2D eigenvalue weighted by molar-refractivity contribution is 0.365. The zero-order valence-corrected chi connectivity index (χ0v) is 16.2. The van der Waals surface area contributed by atoms with E-state index >= 15 is 0 Å². The molecule has 0 radical (unpaired) electrons. The molecule has 0 spiro atoms.